The quantitative estimate of drug-likeness (QED) is 0.628. The Kier molecular flexibility index (Phi) is 4.43. The lowest BCUT2D eigenvalue weighted by Gasteiger charge is -2.29. The molecular weight excluding hydrogens is 263 g/mol. The second-order valence-corrected chi connectivity index (χ2v) is 6.31. The number of halogens is 3. The molecule has 0 bridgehead atoms. The Morgan fingerprint density at radius 2 is 1.80 bits per heavy atom. The summed E-state index contributed by atoms with van der Waals surface area (Å²) in [6.45, 7) is 4.35. The van der Waals surface area contributed by atoms with Crippen LogP contribution in [0.1, 0.15) is 51.5 Å². The van der Waals surface area contributed by atoms with Gasteiger partial charge in [-0.1, -0.05) is 32.8 Å². The fourth-order valence-electron chi connectivity index (χ4n) is 3.24. The molecule has 0 spiro atoms. The first-order valence-electron chi connectivity index (χ1n) is 7.28. The molecule has 0 radical (unpaired) electrons. The van der Waals surface area contributed by atoms with Crippen LogP contribution in [0.15, 0.2) is 12.1 Å². The summed E-state index contributed by atoms with van der Waals surface area (Å²) < 4.78 is 40.4. The van der Waals surface area contributed by atoms with Crippen molar-refractivity contribution in [3.05, 3.63) is 35.1 Å². The van der Waals surface area contributed by atoms with Gasteiger partial charge in [-0.25, -0.2) is 13.2 Å². The molecule has 112 valence electrons. The zero-order valence-corrected chi connectivity index (χ0v) is 12.1. The fourth-order valence-corrected chi connectivity index (χ4v) is 3.24. The van der Waals surface area contributed by atoms with E-state index in [4.69, 9.17) is 5.73 Å². The van der Waals surface area contributed by atoms with Crippen molar-refractivity contribution in [1.29, 1.82) is 0 Å². The van der Waals surface area contributed by atoms with Crippen LogP contribution in [0.5, 0.6) is 0 Å². The summed E-state index contributed by atoms with van der Waals surface area (Å²) in [5, 5.41) is 0. The van der Waals surface area contributed by atoms with Gasteiger partial charge in [-0.2, -0.15) is 0 Å². The minimum atomic E-state index is -1.42. The van der Waals surface area contributed by atoms with Crippen molar-refractivity contribution < 1.29 is 13.2 Å². The average Bonchev–Trinajstić information content (AvgIpc) is 2.59. The van der Waals surface area contributed by atoms with E-state index < -0.39 is 23.0 Å². The van der Waals surface area contributed by atoms with Crippen LogP contribution in [0, 0.1) is 29.3 Å². The zero-order chi connectivity index (χ0) is 14.9. The van der Waals surface area contributed by atoms with Gasteiger partial charge in [0, 0.05) is 11.1 Å². The Morgan fingerprint density at radius 3 is 2.45 bits per heavy atom. The highest BCUT2D eigenvalue weighted by atomic mass is 19.2. The number of hydrogen-bond acceptors (Lipinski definition) is 1. The van der Waals surface area contributed by atoms with Gasteiger partial charge in [0.25, 0.3) is 0 Å². The number of hydrogen-bond donors (Lipinski definition) is 1. The number of nitrogens with two attached hydrogens (primary N) is 1. The third-order valence-electron chi connectivity index (χ3n) is 4.67. The Labute approximate surface area is 118 Å². The van der Waals surface area contributed by atoms with Crippen LogP contribution in [0.3, 0.4) is 0 Å². The summed E-state index contributed by atoms with van der Waals surface area (Å²) in [4.78, 5) is 0. The molecule has 0 saturated heterocycles. The van der Waals surface area contributed by atoms with Crippen molar-refractivity contribution in [2.24, 2.45) is 17.6 Å². The lowest BCUT2D eigenvalue weighted by molar-refractivity contribution is 0.317. The van der Waals surface area contributed by atoms with E-state index in [2.05, 4.69) is 13.8 Å². The van der Waals surface area contributed by atoms with Crippen LogP contribution >= 0.6 is 0 Å². The van der Waals surface area contributed by atoms with Gasteiger partial charge >= 0.3 is 0 Å². The molecule has 0 heterocycles. The van der Waals surface area contributed by atoms with Gasteiger partial charge in [-0.15, -0.1) is 0 Å². The lowest BCUT2D eigenvalue weighted by Crippen LogP contribution is -2.37. The van der Waals surface area contributed by atoms with Crippen LogP contribution in [-0.2, 0) is 5.54 Å². The first-order valence-corrected chi connectivity index (χ1v) is 7.28. The molecule has 1 fully saturated rings. The molecule has 1 saturated carbocycles. The average molecular weight is 285 g/mol. The van der Waals surface area contributed by atoms with Gasteiger partial charge in [0.1, 0.15) is 0 Å². The largest absolute Gasteiger partial charge is 0.321 e. The second-order valence-electron chi connectivity index (χ2n) is 6.31. The topological polar surface area (TPSA) is 26.0 Å². The van der Waals surface area contributed by atoms with Gasteiger partial charge in [-0.3, -0.25) is 0 Å². The molecule has 2 atom stereocenters. The number of rotatable bonds is 2. The van der Waals surface area contributed by atoms with Crippen molar-refractivity contribution in [1.82, 2.24) is 0 Å². The van der Waals surface area contributed by atoms with Gasteiger partial charge in [0.2, 0.25) is 0 Å². The van der Waals surface area contributed by atoms with Crippen molar-refractivity contribution >= 4 is 0 Å². The zero-order valence-electron chi connectivity index (χ0n) is 12.1. The summed E-state index contributed by atoms with van der Waals surface area (Å²) in [6.07, 6.45) is 4.06. The summed E-state index contributed by atoms with van der Waals surface area (Å²) in [7, 11) is 0. The van der Waals surface area contributed by atoms with Gasteiger partial charge in [0.05, 0.1) is 0 Å². The van der Waals surface area contributed by atoms with E-state index in [1.807, 2.05) is 0 Å². The molecule has 4 heteroatoms. The number of benzene rings is 1. The summed E-state index contributed by atoms with van der Waals surface area (Å²) in [5.41, 5.74) is 5.56. The van der Waals surface area contributed by atoms with Crippen LogP contribution in [0.25, 0.3) is 0 Å². The molecule has 0 aromatic heterocycles. The minimum Gasteiger partial charge on any atom is -0.321 e. The molecule has 2 N–H and O–H groups in total. The SMILES string of the molecule is CC(C)C1CCCC(N)(c2ccc(F)c(F)c2F)CC1. The highest BCUT2D eigenvalue weighted by Crippen LogP contribution is 2.39. The van der Waals surface area contributed by atoms with Crippen molar-refractivity contribution in [3.8, 4) is 0 Å². The van der Waals surface area contributed by atoms with Crippen molar-refractivity contribution in [3.63, 3.8) is 0 Å². The maximum Gasteiger partial charge on any atom is 0.194 e. The molecule has 1 aliphatic rings. The Bertz CT molecular complexity index is 487. The molecule has 1 aromatic rings. The van der Waals surface area contributed by atoms with E-state index in [9.17, 15) is 13.2 Å². The lowest BCUT2D eigenvalue weighted by atomic mass is 9.82. The molecule has 1 nitrogen and oxygen atoms in total. The second kappa shape index (κ2) is 5.76. The van der Waals surface area contributed by atoms with Gasteiger partial charge < -0.3 is 5.73 Å². The molecule has 1 aliphatic carbocycles. The Hall–Kier alpha value is -1.03. The van der Waals surface area contributed by atoms with E-state index in [0.29, 0.717) is 24.7 Å². The molecule has 0 amide bonds. The van der Waals surface area contributed by atoms with Crippen molar-refractivity contribution in [2.75, 3.05) is 0 Å². The smallest absolute Gasteiger partial charge is 0.194 e. The first kappa shape index (κ1) is 15.4. The molecule has 2 unspecified atom stereocenters. The van der Waals surface area contributed by atoms with Crippen LogP contribution in [0.4, 0.5) is 13.2 Å². The van der Waals surface area contributed by atoms with Gasteiger partial charge in [-0.05, 0) is 37.2 Å². The highest BCUT2D eigenvalue weighted by molar-refractivity contribution is 5.28. The maximum absolute atomic E-state index is 14.0. The summed E-state index contributed by atoms with van der Waals surface area (Å²) >= 11 is 0. The monoisotopic (exact) mass is 285 g/mol. The highest BCUT2D eigenvalue weighted by Gasteiger charge is 2.35. The third-order valence-corrected chi connectivity index (χ3v) is 4.67. The van der Waals surface area contributed by atoms with Crippen LogP contribution in [-0.4, -0.2) is 0 Å². The molecule has 20 heavy (non-hydrogen) atoms. The molecular formula is C16H22F3N. The van der Waals surface area contributed by atoms with E-state index >= 15 is 0 Å². The molecule has 0 aliphatic heterocycles. The summed E-state index contributed by atoms with van der Waals surface area (Å²) in [6, 6.07) is 2.26. The first-order chi connectivity index (χ1) is 9.35. The maximum atomic E-state index is 14.0. The molecule has 1 aromatic carbocycles. The normalized spacial score (nSPS) is 27.6. The summed E-state index contributed by atoms with van der Waals surface area (Å²) in [5.74, 6) is -2.59. The third kappa shape index (κ3) is 2.85. The van der Waals surface area contributed by atoms with Crippen molar-refractivity contribution in [2.45, 2.75) is 51.5 Å². The minimum absolute atomic E-state index is 0.112. The van der Waals surface area contributed by atoms with E-state index in [-0.39, 0.29) is 5.56 Å². The Morgan fingerprint density at radius 1 is 1.10 bits per heavy atom. The fraction of sp³-hybridized carbons (Fsp3) is 0.625. The predicted octanol–water partition coefficient (Wildman–Crippen LogP) is 4.49. The van der Waals surface area contributed by atoms with Crippen LogP contribution in [0.2, 0.25) is 0 Å². The molecule has 2 rings (SSSR count). The standard InChI is InChI=1S/C16H22F3N/c1-10(2)11-4-3-8-16(20,9-7-11)12-5-6-13(17)15(19)14(12)18/h5-6,10-11H,3-4,7-9,20H2,1-2H3. The van der Waals surface area contributed by atoms with E-state index in [1.54, 1.807) is 0 Å². The van der Waals surface area contributed by atoms with E-state index in [1.165, 1.54) is 6.07 Å². The predicted molar refractivity (Wildman–Crippen MR) is 73.6 cm³/mol. The Balaban J connectivity index is 2.29. The van der Waals surface area contributed by atoms with E-state index in [0.717, 1.165) is 25.3 Å². The van der Waals surface area contributed by atoms with Crippen LogP contribution < -0.4 is 5.73 Å². The van der Waals surface area contributed by atoms with Gasteiger partial charge in [0.15, 0.2) is 17.5 Å².